The van der Waals surface area contributed by atoms with Gasteiger partial charge in [0.05, 0.1) is 11.4 Å². The molecule has 0 radical (unpaired) electrons. The topological polar surface area (TPSA) is 46.2 Å². The minimum atomic E-state index is 0.0567. The second-order valence-electron chi connectivity index (χ2n) is 5.31. The summed E-state index contributed by atoms with van der Waals surface area (Å²) >= 11 is 2.97. The lowest BCUT2D eigenvalue weighted by Gasteiger charge is -2.16. The molecule has 2 heterocycles. The maximum Gasteiger partial charge on any atom is 0.223 e. The lowest BCUT2D eigenvalue weighted by Crippen LogP contribution is -2.30. The molecule has 0 saturated carbocycles. The van der Waals surface area contributed by atoms with Crippen LogP contribution in [0.15, 0.2) is 41.1 Å². The first-order valence-corrected chi connectivity index (χ1v) is 9.08. The summed E-state index contributed by atoms with van der Waals surface area (Å²) in [6, 6.07) is 5.60. The van der Waals surface area contributed by atoms with Crippen molar-refractivity contribution >= 4 is 34.4 Å². The molecule has 1 amide bonds. The second kappa shape index (κ2) is 7.03. The number of nitrogens with one attached hydrogen (secondary N) is 1. The Balaban J connectivity index is 1.57. The maximum atomic E-state index is 12.2. The molecule has 1 N–H and O–H groups in total. The lowest BCUT2D eigenvalue weighted by molar-refractivity contribution is -0.125. The van der Waals surface area contributed by atoms with Crippen LogP contribution in [-0.2, 0) is 11.3 Å². The van der Waals surface area contributed by atoms with Crippen LogP contribution < -0.4 is 5.32 Å². The summed E-state index contributed by atoms with van der Waals surface area (Å²) in [5.41, 5.74) is 0.733. The van der Waals surface area contributed by atoms with Gasteiger partial charge in [0.2, 0.25) is 11.7 Å². The zero-order valence-electron chi connectivity index (χ0n) is 12.1. The highest BCUT2D eigenvalue weighted by Gasteiger charge is 2.18. The molecule has 1 atom stereocenters. The van der Waals surface area contributed by atoms with Gasteiger partial charge in [0.25, 0.3) is 0 Å². The number of allylic oxidation sites excluding steroid dienone is 2. The van der Waals surface area contributed by atoms with Gasteiger partial charge in [-0.25, -0.2) is 0 Å². The van der Waals surface area contributed by atoms with Crippen LogP contribution in [0.1, 0.15) is 39.4 Å². The third kappa shape index (κ3) is 3.54. The van der Waals surface area contributed by atoms with Crippen LogP contribution in [-0.4, -0.2) is 11.7 Å². The van der Waals surface area contributed by atoms with Crippen molar-refractivity contribution in [3.05, 3.63) is 56.4 Å². The largest absolute Gasteiger partial charge is 0.351 e. The molecule has 0 fully saturated rings. The molecule has 0 aromatic carbocycles. The van der Waals surface area contributed by atoms with Gasteiger partial charge >= 0.3 is 0 Å². The molecule has 2 aromatic rings. The molecule has 0 unspecified atom stereocenters. The first-order chi connectivity index (χ1) is 10.7. The minimum Gasteiger partial charge on any atom is -0.351 e. The number of ketones is 1. The van der Waals surface area contributed by atoms with Crippen molar-refractivity contribution in [3.8, 4) is 0 Å². The summed E-state index contributed by atoms with van der Waals surface area (Å²) < 4.78 is 0. The van der Waals surface area contributed by atoms with E-state index in [2.05, 4.69) is 17.5 Å². The highest BCUT2D eigenvalue weighted by atomic mass is 32.1. The fourth-order valence-electron chi connectivity index (χ4n) is 2.48. The molecule has 5 heteroatoms. The van der Waals surface area contributed by atoms with Gasteiger partial charge in [0, 0.05) is 21.7 Å². The molecule has 3 nitrogen and oxygen atoms in total. The van der Waals surface area contributed by atoms with Crippen LogP contribution in [0.5, 0.6) is 0 Å². The van der Waals surface area contributed by atoms with Gasteiger partial charge in [-0.15, -0.1) is 11.3 Å². The Labute approximate surface area is 137 Å². The molecule has 0 saturated heterocycles. The van der Waals surface area contributed by atoms with Gasteiger partial charge in [-0.3, -0.25) is 9.59 Å². The summed E-state index contributed by atoms with van der Waals surface area (Å²) in [6.07, 6.45) is 6.95. The zero-order chi connectivity index (χ0) is 15.4. The van der Waals surface area contributed by atoms with Gasteiger partial charge < -0.3 is 5.32 Å². The van der Waals surface area contributed by atoms with Gasteiger partial charge in [0.15, 0.2) is 0 Å². The summed E-state index contributed by atoms with van der Waals surface area (Å²) in [6.45, 7) is 0.501. The van der Waals surface area contributed by atoms with Gasteiger partial charge in [0.1, 0.15) is 0 Å². The molecule has 0 spiro atoms. The Kier molecular flexibility index (Phi) is 4.85. The van der Waals surface area contributed by atoms with E-state index in [1.165, 1.54) is 22.7 Å². The van der Waals surface area contributed by atoms with E-state index < -0.39 is 0 Å². The molecular weight excluding hydrogens is 314 g/mol. The number of carbonyl (C=O) groups is 2. The highest BCUT2D eigenvalue weighted by molar-refractivity contribution is 7.14. The summed E-state index contributed by atoms with van der Waals surface area (Å²) in [5.74, 6) is 0.265. The summed E-state index contributed by atoms with van der Waals surface area (Å²) in [7, 11) is 0. The Morgan fingerprint density at radius 3 is 2.86 bits per heavy atom. The molecule has 0 bridgehead atoms. The fourth-order valence-corrected chi connectivity index (χ4v) is 4.03. The molecule has 22 heavy (non-hydrogen) atoms. The van der Waals surface area contributed by atoms with Crippen LogP contribution in [0.2, 0.25) is 0 Å². The van der Waals surface area contributed by atoms with E-state index in [9.17, 15) is 9.59 Å². The van der Waals surface area contributed by atoms with Gasteiger partial charge in [-0.1, -0.05) is 12.2 Å². The molecular formula is C17H17NO2S2. The molecule has 1 aliphatic rings. The van der Waals surface area contributed by atoms with Crippen LogP contribution in [0.3, 0.4) is 0 Å². The van der Waals surface area contributed by atoms with E-state index in [1.54, 1.807) is 0 Å². The van der Waals surface area contributed by atoms with Crippen molar-refractivity contribution in [1.29, 1.82) is 0 Å². The third-order valence-electron chi connectivity index (χ3n) is 3.75. The SMILES string of the molecule is O=C(c1ccsc1)c1ccc(CNC(=O)[C@@H]2CC=CCC2)s1. The predicted octanol–water partition coefficient (Wildman–Crippen LogP) is 4.01. The maximum absolute atomic E-state index is 12.2. The highest BCUT2D eigenvalue weighted by Crippen LogP contribution is 2.22. The third-order valence-corrected chi connectivity index (χ3v) is 5.51. The minimum absolute atomic E-state index is 0.0567. The van der Waals surface area contributed by atoms with Gasteiger partial charge in [-0.2, -0.15) is 11.3 Å². The predicted molar refractivity (Wildman–Crippen MR) is 90.4 cm³/mol. The fraction of sp³-hybridized carbons (Fsp3) is 0.294. The standard InChI is InChI=1S/C17H17NO2S2/c19-16(13-8-9-21-11-13)15-7-6-14(22-15)10-18-17(20)12-4-2-1-3-5-12/h1-2,6-9,11-12H,3-5,10H2,(H,18,20)/t12-/m1/s1. The Bertz CT molecular complexity index is 685. The normalized spacial score (nSPS) is 17.4. The van der Waals surface area contributed by atoms with Crippen LogP contribution >= 0.6 is 22.7 Å². The van der Waals surface area contributed by atoms with E-state index in [0.717, 1.165) is 34.6 Å². The second-order valence-corrected chi connectivity index (χ2v) is 7.25. The van der Waals surface area contributed by atoms with Crippen LogP contribution in [0.4, 0.5) is 0 Å². The summed E-state index contributed by atoms with van der Waals surface area (Å²) in [4.78, 5) is 26.1. The molecule has 114 valence electrons. The van der Waals surface area contributed by atoms with E-state index in [-0.39, 0.29) is 17.6 Å². The zero-order valence-corrected chi connectivity index (χ0v) is 13.7. The average Bonchev–Trinajstić information content (AvgIpc) is 3.24. The van der Waals surface area contributed by atoms with Crippen molar-refractivity contribution in [2.45, 2.75) is 25.8 Å². The van der Waals surface area contributed by atoms with Crippen molar-refractivity contribution in [1.82, 2.24) is 5.32 Å². The molecule has 1 aliphatic carbocycles. The van der Waals surface area contributed by atoms with Crippen LogP contribution in [0.25, 0.3) is 0 Å². The Morgan fingerprint density at radius 1 is 1.23 bits per heavy atom. The molecule has 2 aromatic heterocycles. The number of carbonyl (C=O) groups excluding carboxylic acids is 2. The van der Waals surface area contributed by atoms with Crippen molar-refractivity contribution in [2.75, 3.05) is 0 Å². The van der Waals surface area contributed by atoms with Crippen LogP contribution in [0, 0.1) is 5.92 Å². The Hall–Kier alpha value is -1.72. The van der Waals surface area contributed by atoms with E-state index in [1.807, 2.05) is 29.0 Å². The average molecular weight is 331 g/mol. The lowest BCUT2D eigenvalue weighted by atomic mass is 9.94. The summed E-state index contributed by atoms with van der Waals surface area (Å²) in [5, 5.41) is 6.75. The van der Waals surface area contributed by atoms with Crippen molar-refractivity contribution in [2.24, 2.45) is 5.92 Å². The van der Waals surface area contributed by atoms with Gasteiger partial charge in [-0.05, 0) is 42.8 Å². The number of amides is 1. The number of hydrogen-bond acceptors (Lipinski definition) is 4. The van der Waals surface area contributed by atoms with E-state index in [4.69, 9.17) is 0 Å². The molecule has 0 aliphatic heterocycles. The van der Waals surface area contributed by atoms with Crippen molar-refractivity contribution in [3.63, 3.8) is 0 Å². The molecule has 3 rings (SSSR count). The van der Waals surface area contributed by atoms with Crippen molar-refractivity contribution < 1.29 is 9.59 Å². The number of rotatable bonds is 5. The quantitative estimate of drug-likeness (QED) is 0.664. The van der Waals surface area contributed by atoms with E-state index >= 15 is 0 Å². The monoisotopic (exact) mass is 331 g/mol. The smallest absolute Gasteiger partial charge is 0.223 e. The first-order valence-electron chi connectivity index (χ1n) is 7.32. The number of hydrogen-bond donors (Lipinski definition) is 1. The van der Waals surface area contributed by atoms with E-state index in [0.29, 0.717) is 6.54 Å². The Morgan fingerprint density at radius 2 is 2.14 bits per heavy atom. The number of thiophene rings is 2. The first kappa shape index (κ1) is 15.2.